The molecular weight excluding hydrogens is 264 g/mol. The largest absolute Gasteiger partial charge is 0.377 e. The highest BCUT2D eigenvalue weighted by Crippen LogP contribution is 2.26. The van der Waals surface area contributed by atoms with Gasteiger partial charge in [0.05, 0.1) is 12.1 Å². The first-order valence-electron chi connectivity index (χ1n) is 7.87. The fourth-order valence-corrected chi connectivity index (χ4v) is 2.84. The Balaban J connectivity index is 1.94. The van der Waals surface area contributed by atoms with Crippen molar-refractivity contribution >= 4 is 5.91 Å². The van der Waals surface area contributed by atoms with E-state index in [1.807, 2.05) is 31.2 Å². The van der Waals surface area contributed by atoms with E-state index in [1.165, 1.54) is 6.42 Å². The predicted octanol–water partition coefficient (Wildman–Crippen LogP) is 2.50. The summed E-state index contributed by atoms with van der Waals surface area (Å²) in [5.41, 5.74) is 7.79. The average molecular weight is 290 g/mol. The summed E-state index contributed by atoms with van der Waals surface area (Å²) in [4.78, 5) is 12.4. The van der Waals surface area contributed by atoms with Gasteiger partial charge in [-0.3, -0.25) is 4.79 Å². The maximum atomic E-state index is 12.4. The summed E-state index contributed by atoms with van der Waals surface area (Å²) >= 11 is 0. The third-order valence-corrected chi connectivity index (χ3v) is 4.22. The second-order valence-electron chi connectivity index (χ2n) is 5.81. The molecule has 0 heterocycles. The molecule has 4 heteroatoms. The number of benzene rings is 1. The molecule has 0 saturated heterocycles. The minimum Gasteiger partial charge on any atom is -0.377 e. The second kappa shape index (κ2) is 7.57. The first kappa shape index (κ1) is 16.0. The molecule has 116 valence electrons. The highest BCUT2D eigenvalue weighted by molar-refractivity contribution is 5.86. The molecule has 1 amide bonds. The van der Waals surface area contributed by atoms with Gasteiger partial charge in [0.25, 0.3) is 0 Å². The summed E-state index contributed by atoms with van der Waals surface area (Å²) in [6, 6.07) is 8.04. The molecule has 1 fully saturated rings. The van der Waals surface area contributed by atoms with Crippen LogP contribution in [0.3, 0.4) is 0 Å². The molecule has 0 spiro atoms. The van der Waals surface area contributed by atoms with Gasteiger partial charge in [-0.2, -0.15) is 0 Å². The lowest BCUT2D eigenvalue weighted by molar-refractivity contribution is -0.127. The first-order valence-corrected chi connectivity index (χ1v) is 7.87. The van der Waals surface area contributed by atoms with Crippen LogP contribution in [-0.2, 0) is 22.7 Å². The standard InChI is InChI=1S/C17H26N2O2/c1-2-21-13-15-9-5-4-8-14(15)12-19-16(20)17(18)10-6-3-7-11-17/h4-5,8-9H,2-3,6-7,10-13,18H2,1H3,(H,19,20). The second-order valence-corrected chi connectivity index (χ2v) is 5.81. The zero-order chi connectivity index (χ0) is 15.1. The summed E-state index contributed by atoms with van der Waals surface area (Å²) in [7, 11) is 0. The Kier molecular flexibility index (Phi) is 5.76. The molecule has 4 nitrogen and oxygen atoms in total. The van der Waals surface area contributed by atoms with E-state index >= 15 is 0 Å². The number of ether oxygens (including phenoxy) is 1. The summed E-state index contributed by atoms with van der Waals surface area (Å²) in [6.07, 6.45) is 4.86. The number of amides is 1. The molecule has 0 atom stereocenters. The number of carbonyl (C=O) groups is 1. The topological polar surface area (TPSA) is 64.3 Å². The highest BCUT2D eigenvalue weighted by Gasteiger charge is 2.34. The van der Waals surface area contributed by atoms with Gasteiger partial charge >= 0.3 is 0 Å². The maximum Gasteiger partial charge on any atom is 0.240 e. The Hall–Kier alpha value is -1.39. The molecular formula is C17H26N2O2. The third-order valence-electron chi connectivity index (χ3n) is 4.22. The van der Waals surface area contributed by atoms with Crippen molar-refractivity contribution in [1.29, 1.82) is 0 Å². The van der Waals surface area contributed by atoms with E-state index in [2.05, 4.69) is 5.32 Å². The lowest BCUT2D eigenvalue weighted by atomic mass is 9.82. The van der Waals surface area contributed by atoms with Crippen molar-refractivity contribution in [3.63, 3.8) is 0 Å². The predicted molar refractivity (Wildman–Crippen MR) is 83.6 cm³/mol. The lowest BCUT2D eigenvalue weighted by Crippen LogP contribution is -2.54. The van der Waals surface area contributed by atoms with Crippen LogP contribution >= 0.6 is 0 Å². The van der Waals surface area contributed by atoms with Gasteiger partial charge in [0, 0.05) is 13.2 Å². The Bertz CT molecular complexity index is 468. The van der Waals surface area contributed by atoms with Crippen LogP contribution < -0.4 is 11.1 Å². The van der Waals surface area contributed by atoms with Crippen LogP contribution in [0.15, 0.2) is 24.3 Å². The Morgan fingerprint density at radius 1 is 1.24 bits per heavy atom. The number of carbonyl (C=O) groups excluding carboxylic acids is 1. The van der Waals surface area contributed by atoms with Crippen LogP contribution in [0.1, 0.15) is 50.2 Å². The van der Waals surface area contributed by atoms with E-state index < -0.39 is 5.54 Å². The number of rotatable bonds is 6. The molecule has 2 rings (SSSR count). The van der Waals surface area contributed by atoms with E-state index in [4.69, 9.17) is 10.5 Å². The van der Waals surface area contributed by atoms with E-state index in [1.54, 1.807) is 0 Å². The Morgan fingerprint density at radius 2 is 1.90 bits per heavy atom. The molecule has 0 unspecified atom stereocenters. The smallest absolute Gasteiger partial charge is 0.240 e. The van der Waals surface area contributed by atoms with Crippen molar-refractivity contribution < 1.29 is 9.53 Å². The molecule has 0 aromatic heterocycles. The molecule has 0 aliphatic heterocycles. The van der Waals surface area contributed by atoms with Gasteiger partial charge in [-0.05, 0) is 30.9 Å². The van der Waals surface area contributed by atoms with Crippen molar-refractivity contribution in [2.75, 3.05) is 6.61 Å². The van der Waals surface area contributed by atoms with E-state index in [0.717, 1.165) is 36.8 Å². The maximum absolute atomic E-state index is 12.4. The molecule has 1 aliphatic carbocycles. The molecule has 0 bridgehead atoms. The quantitative estimate of drug-likeness (QED) is 0.846. The van der Waals surface area contributed by atoms with Gasteiger partial charge in [0.15, 0.2) is 0 Å². The van der Waals surface area contributed by atoms with Crippen molar-refractivity contribution in [2.24, 2.45) is 5.73 Å². The monoisotopic (exact) mass is 290 g/mol. The van der Waals surface area contributed by atoms with Crippen LogP contribution in [0.2, 0.25) is 0 Å². The number of nitrogens with one attached hydrogen (secondary N) is 1. The van der Waals surface area contributed by atoms with Gasteiger partial charge in [-0.1, -0.05) is 43.5 Å². The summed E-state index contributed by atoms with van der Waals surface area (Å²) in [5.74, 6) is -0.0200. The van der Waals surface area contributed by atoms with Crippen LogP contribution in [-0.4, -0.2) is 18.1 Å². The lowest BCUT2D eigenvalue weighted by Gasteiger charge is -2.31. The number of nitrogens with two attached hydrogens (primary N) is 1. The van der Waals surface area contributed by atoms with Gasteiger partial charge in [0.2, 0.25) is 5.91 Å². The average Bonchev–Trinajstić information content (AvgIpc) is 2.52. The fourth-order valence-electron chi connectivity index (χ4n) is 2.84. The van der Waals surface area contributed by atoms with Crippen LogP contribution in [0.25, 0.3) is 0 Å². The van der Waals surface area contributed by atoms with E-state index in [0.29, 0.717) is 19.8 Å². The Labute approximate surface area is 127 Å². The highest BCUT2D eigenvalue weighted by atomic mass is 16.5. The van der Waals surface area contributed by atoms with Gasteiger partial charge in [-0.15, -0.1) is 0 Å². The molecule has 21 heavy (non-hydrogen) atoms. The molecule has 1 aliphatic rings. The molecule has 0 radical (unpaired) electrons. The molecule has 1 aromatic carbocycles. The van der Waals surface area contributed by atoms with Gasteiger partial charge in [0.1, 0.15) is 0 Å². The van der Waals surface area contributed by atoms with E-state index in [-0.39, 0.29) is 5.91 Å². The van der Waals surface area contributed by atoms with Gasteiger partial charge in [-0.25, -0.2) is 0 Å². The third kappa shape index (κ3) is 4.29. The molecule has 1 saturated carbocycles. The number of hydrogen-bond acceptors (Lipinski definition) is 3. The summed E-state index contributed by atoms with van der Waals surface area (Å²) in [6.45, 7) is 3.76. The molecule has 1 aromatic rings. The van der Waals surface area contributed by atoms with Crippen LogP contribution in [0.4, 0.5) is 0 Å². The summed E-state index contributed by atoms with van der Waals surface area (Å²) < 4.78 is 5.47. The van der Waals surface area contributed by atoms with Crippen LogP contribution in [0.5, 0.6) is 0 Å². The Morgan fingerprint density at radius 3 is 2.57 bits per heavy atom. The fraction of sp³-hybridized carbons (Fsp3) is 0.588. The van der Waals surface area contributed by atoms with Crippen molar-refractivity contribution in [1.82, 2.24) is 5.32 Å². The van der Waals surface area contributed by atoms with E-state index in [9.17, 15) is 4.79 Å². The normalized spacial score (nSPS) is 17.4. The zero-order valence-electron chi connectivity index (χ0n) is 12.9. The van der Waals surface area contributed by atoms with Crippen molar-refractivity contribution in [3.8, 4) is 0 Å². The minimum atomic E-state index is -0.673. The molecule has 3 N–H and O–H groups in total. The van der Waals surface area contributed by atoms with Crippen molar-refractivity contribution in [2.45, 2.75) is 57.7 Å². The van der Waals surface area contributed by atoms with Crippen molar-refractivity contribution in [3.05, 3.63) is 35.4 Å². The first-order chi connectivity index (χ1) is 10.2. The van der Waals surface area contributed by atoms with Gasteiger partial charge < -0.3 is 15.8 Å². The van der Waals surface area contributed by atoms with Crippen LogP contribution in [0, 0.1) is 0 Å². The summed E-state index contributed by atoms with van der Waals surface area (Å²) in [5, 5.41) is 3.01. The SMILES string of the molecule is CCOCc1ccccc1CNC(=O)C1(N)CCCCC1. The zero-order valence-corrected chi connectivity index (χ0v) is 12.9. The minimum absolute atomic E-state index is 0.0200. The number of hydrogen-bond donors (Lipinski definition) is 2.